The quantitative estimate of drug-likeness (QED) is 0.742. The number of benzene rings is 2. The van der Waals surface area contributed by atoms with Crippen molar-refractivity contribution in [2.75, 3.05) is 27.7 Å². The van der Waals surface area contributed by atoms with Gasteiger partial charge in [0.15, 0.2) is 0 Å². The van der Waals surface area contributed by atoms with Crippen molar-refractivity contribution in [3.8, 4) is 11.5 Å². The Hall–Kier alpha value is -1.95. The summed E-state index contributed by atoms with van der Waals surface area (Å²) in [5.74, 6) is 1.28. The van der Waals surface area contributed by atoms with Crippen molar-refractivity contribution in [2.45, 2.75) is 12.5 Å². The number of rotatable bonds is 7. The Morgan fingerprint density at radius 1 is 1.15 bits per heavy atom. The average Bonchev–Trinajstić information content (AvgIpc) is 2.59. The predicted octanol–water partition coefficient (Wildman–Crippen LogP) is 4.55. The van der Waals surface area contributed by atoms with E-state index >= 15 is 0 Å². The molecule has 5 nitrogen and oxygen atoms in total. The van der Waals surface area contributed by atoms with Crippen molar-refractivity contribution in [1.82, 2.24) is 10.2 Å². The molecule has 7 heteroatoms. The van der Waals surface area contributed by atoms with Crippen LogP contribution in [-0.2, 0) is 0 Å². The normalized spacial score (nSPS) is 11.2. The summed E-state index contributed by atoms with van der Waals surface area (Å²) in [5.41, 5.74) is 1.10. The summed E-state index contributed by atoms with van der Waals surface area (Å²) < 4.78 is 11.0. The minimum atomic E-state index is -0.396. The fraction of sp³-hybridized carbons (Fsp3) is 0.316. The molecule has 0 spiro atoms. The number of ether oxygens (including phenoxy) is 2. The zero-order chi connectivity index (χ0) is 18.2. The summed E-state index contributed by atoms with van der Waals surface area (Å²) in [5, 5.41) is 3.93. The van der Waals surface area contributed by atoms with Crippen LogP contribution in [0.5, 0.6) is 11.5 Å². The molecule has 0 fully saturated rings. The number of carbonyl (C=O) groups excluding carboxylic acids is 1. The van der Waals surface area contributed by atoms with E-state index in [1.807, 2.05) is 37.4 Å². The average molecular weight is 399 g/mol. The molecule has 1 amide bonds. The maximum Gasteiger partial charge on any atom is 0.414 e. The lowest BCUT2D eigenvalue weighted by Gasteiger charge is -2.18. The highest BCUT2D eigenvalue weighted by Crippen LogP contribution is 2.22. The molecule has 0 aliphatic carbocycles. The number of nitrogens with one attached hydrogen (secondary N) is 1. The molecule has 2 aromatic rings. The summed E-state index contributed by atoms with van der Waals surface area (Å²) in [6.45, 7) is 0.559. The van der Waals surface area contributed by atoms with Crippen LogP contribution in [0.4, 0.5) is 4.79 Å². The Labute approximate surface area is 165 Å². The van der Waals surface area contributed by atoms with Gasteiger partial charge >= 0.3 is 6.09 Å². The standard InChI is InChI=1S/C19H23ClN2O3.ClH/c1-21-18(11-12-24-17-6-4-5-15(20)13-17)14-7-9-16(10-8-14)25-19(23)22(2)3;/h4-10,13,18,21H,11-12H2,1-3H3;1H/t18-;/m0./s1. The van der Waals surface area contributed by atoms with Crippen LogP contribution in [0.1, 0.15) is 18.0 Å². The molecule has 2 aromatic carbocycles. The van der Waals surface area contributed by atoms with Crippen molar-refractivity contribution in [3.05, 3.63) is 59.1 Å². The molecule has 26 heavy (non-hydrogen) atoms. The molecule has 0 aliphatic rings. The van der Waals surface area contributed by atoms with Gasteiger partial charge in [-0.2, -0.15) is 0 Å². The first-order chi connectivity index (χ1) is 12.0. The third-order valence-corrected chi connectivity index (χ3v) is 3.91. The lowest BCUT2D eigenvalue weighted by Crippen LogP contribution is -2.25. The van der Waals surface area contributed by atoms with E-state index in [2.05, 4.69) is 5.32 Å². The first-order valence-corrected chi connectivity index (χ1v) is 8.42. The van der Waals surface area contributed by atoms with Crippen LogP contribution in [0.2, 0.25) is 5.02 Å². The van der Waals surface area contributed by atoms with Gasteiger partial charge in [0.05, 0.1) is 6.61 Å². The number of amides is 1. The zero-order valence-electron chi connectivity index (χ0n) is 15.1. The maximum atomic E-state index is 11.6. The van der Waals surface area contributed by atoms with E-state index < -0.39 is 6.09 Å². The summed E-state index contributed by atoms with van der Waals surface area (Å²) >= 11 is 5.95. The molecule has 1 N–H and O–H groups in total. The highest BCUT2D eigenvalue weighted by Gasteiger charge is 2.11. The Morgan fingerprint density at radius 2 is 1.85 bits per heavy atom. The minimum absolute atomic E-state index is 0. The van der Waals surface area contributed by atoms with Crippen LogP contribution in [0.3, 0.4) is 0 Å². The van der Waals surface area contributed by atoms with Gasteiger partial charge in [-0.15, -0.1) is 12.4 Å². The van der Waals surface area contributed by atoms with E-state index in [9.17, 15) is 4.79 Å². The van der Waals surface area contributed by atoms with Gasteiger partial charge in [-0.1, -0.05) is 29.8 Å². The molecule has 0 saturated carbocycles. The fourth-order valence-electron chi connectivity index (χ4n) is 2.29. The van der Waals surface area contributed by atoms with Gasteiger partial charge in [0.2, 0.25) is 0 Å². The highest BCUT2D eigenvalue weighted by atomic mass is 35.5. The topological polar surface area (TPSA) is 50.8 Å². The third kappa shape index (κ3) is 6.75. The van der Waals surface area contributed by atoms with Crippen LogP contribution in [-0.4, -0.2) is 38.7 Å². The second-order valence-corrected chi connectivity index (χ2v) is 6.20. The van der Waals surface area contributed by atoms with Crippen molar-refractivity contribution in [2.24, 2.45) is 0 Å². The molecule has 0 aliphatic heterocycles. The lowest BCUT2D eigenvalue weighted by molar-refractivity contribution is 0.172. The van der Waals surface area contributed by atoms with Crippen molar-refractivity contribution in [3.63, 3.8) is 0 Å². The second kappa shape index (κ2) is 10.9. The van der Waals surface area contributed by atoms with Gasteiger partial charge in [0, 0.05) is 31.6 Å². The van der Waals surface area contributed by atoms with Gasteiger partial charge < -0.3 is 19.7 Å². The Balaban J connectivity index is 0.00000338. The highest BCUT2D eigenvalue weighted by molar-refractivity contribution is 6.30. The Bertz CT molecular complexity index is 693. The van der Waals surface area contributed by atoms with Gasteiger partial charge in [-0.3, -0.25) is 0 Å². The molecular weight excluding hydrogens is 375 g/mol. The zero-order valence-corrected chi connectivity index (χ0v) is 16.6. The van der Waals surface area contributed by atoms with E-state index in [1.165, 1.54) is 4.90 Å². The van der Waals surface area contributed by atoms with Gasteiger partial charge in [-0.25, -0.2) is 4.79 Å². The first-order valence-electron chi connectivity index (χ1n) is 8.04. The third-order valence-electron chi connectivity index (χ3n) is 3.67. The minimum Gasteiger partial charge on any atom is -0.493 e. The van der Waals surface area contributed by atoms with E-state index in [-0.39, 0.29) is 18.4 Å². The first kappa shape index (κ1) is 22.1. The lowest BCUT2D eigenvalue weighted by atomic mass is 10.0. The second-order valence-electron chi connectivity index (χ2n) is 5.77. The molecule has 0 bridgehead atoms. The maximum absolute atomic E-state index is 11.6. The number of halogens is 2. The van der Waals surface area contributed by atoms with Crippen LogP contribution in [0, 0.1) is 0 Å². The number of hydrogen-bond acceptors (Lipinski definition) is 4. The number of nitrogens with zero attached hydrogens (tertiary/aromatic N) is 1. The molecular formula is C19H24Cl2N2O3. The van der Waals surface area contributed by atoms with Gasteiger partial charge in [-0.05, 0) is 42.9 Å². The molecule has 0 radical (unpaired) electrons. The van der Waals surface area contributed by atoms with E-state index in [0.29, 0.717) is 17.4 Å². The molecule has 2 rings (SSSR count). The Kier molecular flexibility index (Phi) is 9.27. The molecule has 142 valence electrons. The van der Waals surface area contributed by atoms with Gasteiger partial charge in [0.1, 0.15) is 11.5 Å². The van der Waals surface area contributed by atoms with Crippen LogP contribution < -0.4 is 14.8 Å². The van der Waals surface area contributed by atoms with Crippen molar-refractivity contribution < 1.29 is 14.3 Å². The van der Waals surface area contributed by atoms with E-state index in [4.69, 9.17) is 21.1 Å². The molecule has 0 saturated heterocycles. The molecule has 0 heterocycles. The fourth-order valence-corrected chi connectivity index (χ4v) is 2.47. The smallest absolute Gasteiger partial charge is 0.414 e. The number of carbonyl (C=O) groups is 1. The van der Waals surface area contributed by atoms with Crippen LogP contribution in [0.25, 0.3) is 0 Å². The summed E-state index contributed by atoms with van der Waals surface area (Å²) in [4.78, 5) is 12.9. The van der Waals surface area contributed by atoms with Crippen molar-refractivity contribution >= 4 is 30.1 Å². The summed E-state index contributed by atoms with van der Waals surface area (Å²) in [7, 11) is 5.20. The molecule has 0 aromatic heterocycles. The van der Waals surface area contributed by atoms with Gasteiger partial charge in [0.25, 0.3) is 0 Å². The summed E-state index contributed by atoms with van der Waals surface area (Å²) in [6.07, 6.45) is 0.396. The van der Waals surface area contributed by atoms with Crippen LogP contribution in [0.15, 0.2) is 48.5 Å². The monoisotopic (exact) mass is 398 g/mol. The molecule has 0 unspecified atom stereocenters. The SMILES string of the molecule is CN[C@@H](CCOc1cccc(Cl)c1)c1ccc(OC(=O)N(C)C)cc1.Cl. The number of hydrogen-bond donors (Lipinski definition) is 1. The van der Waals surface area contributed by atoms with E-state index in [1.54, 1.807) is 32.3 Å². The molecule has 1 atom stereocenters. The predicted molar refractivity (Wildman–Crippen MR) is 107 cm³/mol. The van der Waals surface area contributed by atoms with E-state index in [0.717, 1.165) is 17.7 Å². The summed E-state index contributed by atoms with van der Waals surface area (Å²) in [6, 6.07) is 15.0. The van der Waals surface area contributed by atoms with Crippen molar-refractivity contribution in [1.29, 1.82) is 0 Å². The van der Waals surface area contributed by atoms with Crippen LogP contribution >= 0.6 is 24.0 Å². The largest absolute Gasteiger partial charge is 0.493 e. The Morgan fingerprint density at radius 3 is 2.42 bits per heavy atom.